The van der Waals surface area contributed by atoms with E-state index < -0.39 is 5.83 Å². The maximum Gasteiger partial charge on any atom is 0.215 e. The number of halogens is 1. The molecule has 0 radical (unpaired) electrons. The SMILES string of the molecule is CCN(C=C(F)C#N)CC. The van der Waals surface area contributed by atoms with Crippen LogP contribution in [0, 0.1) is 11.3 Å². The smallest absolute Gasteiger partial charge is 0.215 e. The van der Waals surface area contributed by atoms with E-state index in [2.05, 4.69) is 0 Å². The van der Waals surface area contributed by atoms with Crippen molar-refractivity contribution in [2.45, 2.75) is 13.8 Å². The molecule has 0 unspecified atom stereocenters. The van der Waals surface area contributed by atoms with E-state index in [9.17, 15) is 4.39 Å². The largest absolute Gasteiger partial charge is 0.375 e. The molecule has 0 aliphatic heterocycles. The number of hydrogen-bond donors (Lipinski definition) is 0. The second kappa shape index (κ2) is 4.80. The highest BCUT2D eigenvalue weighted by atomic mass is 19.1. The Kier molecular flexibility index (Phi) is 4.30. The molecule has 56 valence electrons. The highest BCUT2D eigenvalue weighted by molar-refractivity contribution is 5.10. The zero-order valence-corrected chi connectivity index (χ0v) is 6.26. The second-order valence-electron chi connectivity index (χ2n) is 1.81. The molecule has 0 saturated heterocycles. The van der Waals surface area contributed by atoms with Crippen LogP contribution in [0.5, 0.6) is 0 Å². The van der Waals surface area contributed by atoms with Crippen molar-refractivity contribution in [3.8, 4) is 6.07 Å². The van der Waals surface area contributed by atoms with Gasteiger partial charge in [-0.1, -0.05) is 0 Å². The summed E-state index contributed by atoms with van der Waals surface area (Å²) in [5.74, 6) is -0.733. The van der Waals surface area contributed by atoms with Crippen LogP contribution in [-0.4, -0.2) is 18.0 Å². The predicted octanol–water partition coefficient (Wildman–Crippen LogP) is 1.66. The average molecular weight is 142 g/mol. The van der Waals surface area contributed by atoms with Gasteiger partial charge in [0.05, 0.1) is 0 Å². The van der Waals surface area contributed by atoms with Gasteiger partial charge < -0.3 is 4.90 Å². The first-order valence-corrected chi connectivity index (χ1v) is 3.26. The van der Waals surface area contributed by atoms with Crippen LogP contribution in [0.4, 0.5) is 4.39 Å². The summed E-state index contributed by atoms with van der Waals surface area (Å²) in [6, 6.07) is 1.42. The Labute approximate surface area is 60.6 Å². The van der Waals surface area contributed by atoms with Crippen LogP contribution in [0.1, 0.15) is 13.8 Å². The quantitative estimate of drug-likeness (QED) is 0.560. The third kappa shape index (κ3) is 3.08. The molecule has 0 aliphatic rings. The van der Waals surface area contributed by atoms with Crippen LogP contribution in [0.2, 0.25) is 0 Å². The minimum atomic E-state index is -0.733. The summed E-state index contributed by atoms with van der Waals surface area (Å²) in [5.41, 5.74) is 0. The Morgan fingerprint density at radius 2 is 2.10 bits per heavy atom. The summed E-state index contributed by atoms with van der Waals surface area (Å²) in [4.78, 5) is 1.72. The molecule has 0 bridgehead atoms. The van der Waals surface area contributed by atoms with Gasteiger partial charge in [-0.05, 0) is 13.8 Å². The summed E-state index contributed by atoms with van der Waals surface area (Å²) < 4.78 is 12.2. The summed E-state index contributed by atoms with van der Waals surface area (Å²) in [6.07, 6.45) is 1.22. The summed E-state index contributed by atoms with van der Waals surface area (Å²) in [7, 11) is 0. The van der Waals surface area contributed by atoms with Crippen molar-refractivity contribution >= 4 is 0 Å². The number of hydrogen-bond acceptors (Lipinski definition) is 2. The third-order valence-electron chi connectivity index (χ3n) is 1.22. The van der Waals surface area contributed by atoms with Crippen LogP contribution in [0.25, 0.3) is 0 Å². The lowest BCUT2D eigenvalue weighted by Crippen LogP contribution is -2.15. The lowest BCUT2D eigenvalue weighted by atomic mass is 10.5. The minimum Gasteiger partial charge on any atom is -0.375 e. The van der Waals surface area contributed by atoms with Crippen LogP contribution in [0.15, 0.2) is 12.0 Å². The summed E-state index contributed by atoms with van der Waals surface area (Å²) in [5, 5.41) is 8.05. The molecule has 2 nitrogen and oxygen atoms in total. The molecular weight excluding hydrogens is 131 g/mol. The molecule has 0 rings (SSSR count). The van der Waals surface area contributed by atoms with Gasteiger partial charge in [0.2, 0.25) is 5.83 Å². The molecule has 0 aromatic carbocycles. The normalized spacial score (nSPS) is 10.8. The Morgan fingerprint density at radius 1 is 1.60 bits per heavy atom. The molecule has 0 aliphatic carbocycles. The van der Waals surface area contributed by atoms with Gasteiger partial charge in [0.15, 0.2) is 0 Å². The molecule has 0 fully saturated rings. The maximum absolute atomic E-state index is 12.2. The fourth-order valence-electron chi connectivity index (χ4n) is 0.595. The number of allylic oxidation sites excluding steroid dienone is 1. The van der Waals surface area contributed by atoms with Gasteiger partial charge in [-0.3, -0.25) is 0 Å². The fourth-order valence-corrected chi connectivity index (χ4v) is 0.595. The molecule has 0 heterocycles. The fraction of sp³-hybridized carbons (Fsp3) is 0.571. The van der Waals surface area contributed by atoms with Gasteiger partial charge in [0.25, 0.3) is 0 Å². The van der Waals surface area contributed by atoms with Crippen molar-refractivity contribution in [3.63, 3.8) is 0 Å². The summed E-state index contributed by atoms with van der Waals surface area (Å²) >= 11 is 0. The van der Waals surface area contributed by atoms with Gasteiger partial charge in [0, 0.05) is 19.3 Å². The first-order valence-electron chi connectivity index (χ1n) is 3.26. The van der Waals surface area contributed by atoms with E-state index >= 15 is 0 Å². The molecule has 0 amide bonds. The molecule has 10 heavy (non-hydrogen) atoms. The van der Waals surface area contributed by atoms with E-state index in [0.29, 0.717) is 0 Å². The Bertz CT molecular complexity index is 153. The van der Waals surface area contributed by atoms with Crippen LogP contribution < -0.4 is 0 Å². The number of rotatable bonds is 3. The monoisotopic (exact) mass is 142 g/mol. The van der Waals surface area contributed by atoms with Gasteiger partial charge in [-0.25, -0.2) is 0 Å². The Hall–Kier alpha value is -1.04. The molecule has 0 saturated carbocycles. The highest BCUT2D eigenvalue weighted by Crippen LogP contribution is 1.96. The van der Waals surface area contributed by atoms with E-state index in [-0.39, 0.29) is 0 Å². The van der Waals surface area contributed by atoms with Crippen molar-refractivity contribution in [1.82, 2.24) is 4.90 Å². The van der Waals surface area contributed by atoms with Gasteiger partial charge >= 0.3 is 0 Å². The highest BCUT2D eigenvalue weighted by Gasteiger charge is 1.94. The lowest BCUT2D eigenvalue weighted by molar-refractivity contribution is 0.406. The van der Waals surface area contributed by atoms with E-state index in [4.69, 9.17) is 5.26 Å². The second-order valence-corrected chi connectivity index (χ2v) is 1.81. The molecule has 0 atom stereocenters. The standard InChI is InChI=1S/C7H11FN2/c1-3-10(4-2)6-7(8)5-9/h6H,3-4H2,1-2H3. The Balaban J connectivity index is 3.96. The van der Waals surface area contributed by atoms with E-state index in [1.165, 1.54) is 12.3 Å². The third-order valence-corrected chi connectivity index (χ3v) is 1.22. The average Bonchev–Trinajstić information content (AvgIpc) is 1.99. The van der Waals surface area contributed by atoms with Crippen molar-refractivity contribution < 1.29 is 4.39 Å². The van der Waals surface area contributed by atoms with Gasteiger partial charge in [-0.2, -0.15) is 9.65 Å². The van der Waals surface area contributed by atoms with Crippen LogP contribution in [-0.2, 0) is 0 Å². The zero-order chi connectivity index (χ0) is 7.98. The summed E-state index contributed by atoms with van der Waals surface area (Å²) in [6.45, 7) is 5.27. The molecular formula is C7H11FN2. The van der Waals surface area contributed by atoms with Crippen molar-refractivity contribution in [2.75, 3.05) is 13.1 Å². The molecule has 3 heteroatoms. The number of nitriles is 1. The van der Waals surface area contributed by atoms with E-state index in [1.807, 2.05) is 13.8 Å². The first kappa shape index (κ1) is 8.96. The minimum absolute atomic E-state index is 0.728. The molecule has 0 aromatic rings. The molecule has 0 spiro atoms. The van der Waals surface area contributed by atoms with Gasteiger partial charge in [0.1, 0.15) is 6.07 Å². The van der Waals surface area contributed by atoms with Crippen molar-refractivity contribution in [1.29, 1.82) is 5.26 Å². The van der Waals surface area contributed by atoms with Crippen LogP contribution in [0.3, 0.4) is 0 Å². The zero-order valence-electron chi connectivity index (χ0n) is 6.26. The topological polar surface area (TPSA) is 27.0 Å². The maximum atomic E-state index is 12.2. The van der Waals surface area contributed by atoms with Crippen molar-refractivity contribution in [3.05, 3.63) is 12.0 Å². The predicted molar refractivity (Wildman–Crippen MR) is 37.7 cm³/mol. The van der Waals surface area contributed by atoms with Crippen molar-refractivity contribution in [2.24, 2.45) is 0 Å². The van der Waals surface area contributed by atoms with E-state index in [0.717, 1.165) is 13.1 Å². The molecule has 0 N–H and O–H groups in total. The first-order chi connectivity index (χ1) is 4.74. The molecule has 0 aromatic heterocycles. The Morgan fingerprint density at radius 3 is 2.40 bits per heavy atom. The van der Waals surface area contributed by atoms with Gasteiger partial charge in [-0.15, -0.1) is 0 Å². The van der Waals surface area contributed by atoms with Crippen LogP contribution >= 0.6 is 0 Å². The number of nitrogens with zero attached hydrogens (tertiary/aromatic N) is 2. The lowest BCUT2D eigenvalue weighted by Gasteiger charge is -2.13. The van der Waals surface area contributed by atoms with E-state index in [1.54, 1.807) is 4.90 Å².